The van der Waals surface area contributed by atoms with Gasteiger partial charge in [-0.2, -0.15) is 0 Å². The second-order valence-corrected chi connectivity index (χ2v) is 8.27. The molecule has 0 spiro atoms. The van der Waals surface area contributed by atoms with Gasteiger partial charge in [-0.05, 0) is 44.5 Å². The van der Waals surface area contributed by atoms with Crippen molar-refractivity contribution in [3.05, 3.63) is 47.5 Å². The fraction of sp³-hybridized carbons (Fsp3) is 0.350. The average molecular weight is 405 g/mol. The standard InChI is InChI=1S/C20H23NO6S/c1-4-25-20(22)13-21(17-7-5-14(2)11-15(17)3)28(23,24)16-6-8-18-19(12-16)27-10-9-26-18/h5-8,11-12H,4,9-10,13H2,1-3H3. The number of hydrogen-bond acceptors (Lipinski definition) is 6. The lowest BCUT2D eigenvalue weighted by atomic mass is 10.1. The number of fused-ring (bicyclic) bond motifs is 1. The number of rotatable bonds is 6. The number of carbonyl (C=O) groups is 1. The number of carbonyl (C=O) groups excluding carboxylic acids is 1. The minimum absolute atomic E-state index is 0.0148. The fourth-order valence-corrected chi connectivity index (χ4v) is 4.51. The van der Waals surface area contributed by atoms with Crippen LogP contribution in [0, 0.1) is 13.8 Å². The van der Waals surface area contributed by atoms with Gasteiger partial charge in [-0.25, -0.2) is 8.42 Å². The zero-order valence-corrected chi connectivity index (χ0v) is 16.9. The molecule has 150 valence electrons. The molecule has 0 unspecified atom stereocenters. The van der Waals surface area contributed by atoms with E-state index in [9.17, 15) is 13.2 Å². The zero-order valence-electron chi connectivity index (χ0n) is 16.1. The van der Waals surface area contributed by atoms with Crippen LogP contribution in [0.15, 0.2) is 41.3 Å². The molecule has 0 bridgehead atoms. The minimum atomic E-state index is -4.04. The van der Waals surface area contributed by atoms with Crippen molar-refractivity contribution in [3.63, 3.8) is 0 Å². The highest BCUT2D eigenvalue weighted by molar-refractivity contribution is 7.92. The summed E-state index contributed by atoms with van der Waals surface area (Å²) in [6, 6.07) is 9.80. The Bertz CT molecular complexity index is 986. The van der Waals surface area contributed by atoms with Crippen molar-refractivity contribution >= 4 is 21.7 Å². The van der Waals surface area contributed by atoms with Crippen LogP contribution in [0.2, 0.25) is 0 Å². The average Bonchev–Trinajstić information content (AvgIpc) is 2.66. The molecular formula is C20H23NO6S. The Kier molecular flexibility index (Phi) is 5.79. The van der Waals surface area contributed by atoms with Crippen LogP contribution in [0.1, 0.15) is 18.1 Å². The number of esters is 1. The summed E-state index contributed by atoms with van der Waals surface area (Å²) in [6.45, 7) is 5.91. The predicted molar refractivity (Wildman–Crippen MR) is 105 cm³/mol. The highest BCUT2D eigenvalue weighted by Crippen LogP contribution is 2.35. The molecule has 7 nitrogen and oxygen atoms in total. The summed E-state index contributed by atoms with van der Waals surface area (Å²) in [5.74, 6) is 0.237. The maximum atomic E-state index is 13.4. The van der Waals surface area contributed by atoms with E-state index < -0.39 is 22.5 Å². The van der Waals surface area contributed by atoms with Crippen molar-refractivity contribution in [1.29, 1.82) is 0 Å². The zero-order chi connectivity index (χ0) is 20.3. The molecule has 1 heterocycles. The van der Waals surface area contributed by atoms with Crippen LogP contribution in [0.25, 0.3) is 0 Å². The molecule has 0 amide bonds. The van der Waals surface area contributed by atoms with E-state index in [4.69, 9.17) is 14.2 Å². The van der Waals surface area contributed by atoms with E-state index in [1.54, 1.807) is 32.0 Å². The molecule has 0 saturated carbocycles. The van der Waals surface area contributed by atoms with E-state index in [-0.39, 0.29) is 11.5 Å². The second kappa shape index (κ2) is 8.10. The van der Waals surface area contributed by atoms with Gasteiger partial charge in [0, 0.05) is 6.07 Å². The molecule has 0 N–H and O–H groups in total. The topological polar surface area (TPSA) is 82.1 Å². The first-order valence-electron chi connectivity index (χ1n) is 8.98. The first kappa shape index (κ1) is 20.0. The van der Waals surface area contributed by atoms with Crippen molar-refractivity contribution in [2.45, 2.75) is 25.7 Å². The summed E-state index contributed by atoms with van der Waals surface area (Å²) >= 11 is 0. The molecule has 0 fully saturated rings. The molecular weight excluding hydrogens is 382 g/mol. The van der Waals surface area contributed by atoms with E-state index in [1.807, 2.05) is 13.0 Å². The van der Waals surface area contributed by atoms with Gasteiger partial charge in [0.1, 0.15) is 19.8 Å². The van der Waals surface area contributed by atoms with Crippen LogP contribution in [-0.2, 0) is 19.6 Å². The van der Waals surface area contributed by atoms with Crippen LogP contribution in [0.5, 0.6) is 11.5 Å². The number of hydrogen-bond donors (Lipinski definition) is 0. The Morgan fingerprint density at radius 3 is 2.46 bits per heavy atom. The van der Waals surface area contributed by atoms with Crippen LogP contribution < -0.4 is 13.8 Å². The number of ether oxygens (including phenoxy) is 3. The lowest BCUT2D eigenvalue weighted by Crippen LogP contribution is -2.37. The smallest absolute Gasteiger partial charge is 0.326 e. The lowest BCUT2D eigenvalue weighted by molar-refractivity contribution is -0.141. The van der Waals surface area contributed by atoms with Gasteiger partial charge in [-0.1, -0.05) is 17.7 Å². The number of sulfonamides is 1. The maximum absolute atomic E-state index is 13.4. The summed E-state index contributed by atoms with van der Waals surface area (Å²) in [4.78, 5) is 12.2. The molecule has 1 aliphatic rings. The van der Waals surface area contributed by atoms with E-state index in [1.165, 1.54) is 12.1 Å². The summed E-state index contributed by atoms with van der Waals surface area (Å²) in [5, 5.41) is 0. The SMILES string of the molecule is CCOC(=O)CN(c1ccc(C)cc1C)S(=O)(=O)c1ccc2c(c1)OCCO2. The normalized spacial score (nSPS) is 13.1. The molecule has 28 heavy (non-hydrogen) atoms. The molecule has 0 aromatic heterocycles. The molecule has 2 aromatic carbocycles. The maximum Gasteiger partial charge on any atom is 0.326 e. The van der Waals surface area contributed by atoms with Gasteiger partial charge in [0.2, 0.25) is 0 Å². The monoisotopic (exact) mass is 405 g/mol. The third-order valence-corrected chi connectivity index (χ3v) is 6.06. The molecule has 0 atom stereocenters. The summed E-state index contributed by atoms with van der Waals surface area (Å²) in [7, 11) is -4.04. The van der Waals surface area contributed by atoms with Crippen molar-refractivity contribution in [3.8, 4) is 11.5 Å². The summed E-state index contributed by atoms with van der Waals surface area (Å²) in [6.07, 6.45) is 0. The molecule has 3 rings (SSSR count). The van der Waals surface area contributed by atoms with Gasteiger partial charge in [0.25, 0.3) is 10.0 Å². The Hall–Kier alpha value is -2.74. The van der Waals surface area contributed by atoms with Gasteiger partial charge in [-0.15, -0.1) is 0 Å². The highest BCUT2D eigenvalue weighted by Gasteiger charge is 2.30. The van der Waals surface area contributed by atoms with Crippen LogP contribution in [0.3, 0.4) is 0 Å². The Morgan fingerprint density at radius 1 is 1.07 bits per heavy atom. The number of benzene rings is 2. The van der Waals surface area contributed by atoms with Crippen molar-refractivity contribution in [2.75, 3.05) is 30.7 Å². The van der Waals surface area contributed by atoms with E-state index in [2.05, 4.69) is 0 Å². The van der Waals surface area contributed by atoms with Crippen molar-refractivity contribution < 1.29 is 27.4 Å². The minimum Gasteiger partial charge on any atom is -0.486 e. The van der Waals surface area contributed by atoms with Crippen molar-refractivity contribution in [2.24, 2.45) is 0 Å². The van der Waals surface area contributed by atoms with E-state index in [0.717, 1.165) is 15.4 Å². The first-order chi connectivity index (χ1) is 13.3. The van der Waals surface area contributed by atoms with Crippen LogP contribution >= 0.6 is 0 Å². The highest BCUT2D eigenvalue weighted by atomic mass is 32.2. The summed E-state index contributed by atoms with van der Waals surface area (Å²) in [5.41, 5.74) is 2.16. The first-order valence-corrected chi connectivity index (χ1v) is 10.4. The number of anilines is 1. The predicted octanol–water partition coefficient (Wildman–Crippen LogP) is 2.83. The Balaban J connectivity index is 2.06. The number of nitrogens with zero attached hydrogens (tertiary/aromatic N) is 1. The number of aryl methyl sites for hydroxylation is 2. The molecule has 0 saturated heterocycles. The molecule has 2 aromatic rings. The van der Waals surface area contributed by atoms with Gasteiger partial charge >= 0.3 is 5.97 Å². The quantitative estimate of drug-likeness (QED) is 0.688. The second-order valence-electron chi connectivity index (χ2n) is 6.41. The third kappa shape index (κ3) is 4.06. The van der Waals surface area contributed by atoms with E-state index in [0.29, 0.717) is 30.4 Å². The Labute approximate surface area is 164 Å². The Morgan fingerprint density at radius 2 is 1.79 bits per heavy atom. The third-order valence-electron chi connectivity index (χ3n) is 4.30. The van der Waals surface area contributed by atoms with E-state index >= 15 is 0 Å². The van der Waals surface area contributed by atoms with Crippen LogP contribution in [0.4, 0.5) is 5.69 Å². The molecule has 0 radical (unpaired) electrons. The molecule has 0 aliphatic carbocycles. The fourth-order valence-electron chi connectivity index (χ4n) is 3.02. The summed E-state index contributed by atoms with van der Waals surface area (Å²) < 4.78 is 43.9. The lowest BCUT2D eigenvalue weighted by Gasteiger charge is -2.26. The van der Waals surface area contributed by atoms with Crippen molar-refractivity contribution in [1.82, 2.24) is 0 Å². The van der Waals surface area contributed by atoms with Gasteiger partial charge in [0.05, 0.1) is 17.2 Å². The van der Waals surface area contributed by atoms with Gasteiger partial charge < -0.3 is 14.2 Å². The molecule has 8 heteroatoms. The van der Waals surface area contributed by atoms with Gasteiger partial charge in [0.15, 0.2) is 11.5 Å². The van der Waals surface area contributed by atoms with Crippen LogP contribution in [-0.4, -0.2) is 40.8 Å². The van der Waals surface area contributed by atoms with Gasteiger partial charge in [-0.3, -0.25) is 9.10 Å². The largest absolute Gasteiger partial charge is 0.486 e. The molecule has 1 aliphatic heterocycles.